The van der Waals surface area contributed by atoms with Gasteiger partial charge in [0.2, 0.25) is 0 Å². The van der Waals surface area contributed by atoms with Crippen molar-refractivity contribution in [1.29, 1.82) is 0 Å². The third-order valence-corrected chi connectivity index (χ3v) is 4.72. The Morgan fingerprint density at radius 1 is 1.17 bits per heavy atom. The molecule has 0 saturated heterocycles. The van der Waals surface area contributed by atoms with Crippen molar-refractivity contribution in [1.82, 2.24) is 24.7 Å². The number of nitrogens with zero attached hydrogens (tertiary/aromatic N) is 5. The van der Waals surface area contributed by atoms with Crippen LogP contribution in [-0.2, 0) is 6.18 Å². The topological polar surface area (TPSA) is 85.6 Å². The number of hydrogen-bond donors (Lipinski definition) is 1. The van der Waals surface area contributed by atoms with Gasteiger partial charge in [-0.15, -0.1) is 11.3 Å². The SMILES string of the molecule is O=C(Nc1ccc(-n2cncn2)nc1)c1csc(-c2cccc(C(F)(F)F)c2)n1. The van der Waals surface area contributed by atoms with Crippen LogP contribution < -0.4 is 5.32 Å². The molecule has 4 aromatic rings. The molecule has 146 valence electrons. The summed E-state index contributed by atoms with van der Waals surface area (Å²) in [5.41, 5.74) is 0.0627. The van der Waals surface area contributed by atoms with Crippen LogP contribution in [0.4, 0.5) is 18.9 Å². The van der Waals surface area contributed by atoms with Crippen molar-refractivity contribution < 1.29 is 18.0 Å². The summed E-state index contributed by atoms with van der Waals surface area (Å²) in [6, 6.07) is 8.11. The zero-order chi connectivity index (χ0) is 20.4. The van der Waals surface area contributed by atoms with Crippen LogP contribution in [0.2, 0.25) is 0 Å². The predicted molar refractivity (Wildman–Crippen MR) is 99.7 cm³/mol. The maximum atomic E-state index is 12.9. The number of pyridine rings is 1. The molecule has 3 heterocycles. The number of hydrogen-bond acceptors (Lipinski definition) is 6. The Kier molecular flexibility index (Phi) is 4.80. The standard InChI is InChI=1S/C18H11F3N6OS/c19-18(20,21)12-3-1-2-11(6-12)17-26-14(8-29-17)16(28)25-13-4-5-15(23-7-13)27-10-22-9-24-27/h1-10H,(H,25,28). The lowest BCUT2D eigenvalue weighted by molar-refractivity contribution is -0.137. The minimum Gasteiger partial charge on any atom is -0.319 e. The molecule has 0 radical (unpaired) electrons. The molecule has 0 spiro atoms. The molecular weight excluding hydrogens is 405 g/mol. The number of aromatic nitrogens is 5. The van der Waals surface area contributed by atoms with Crippen LogP contribution in [-0.4, -0.2) is 30.6 Å². The molecule has 1 N–H and O–H groups in total. The Labute approximate surface area is 165 Å². The van der Waals surface area contributed by atoms with E-state index < -0.39 is 17.6 Å². The van der Waals surface area contributed by atoms with Crippen molar-refractivity contribution in [3.63, 3.8) is 0 Å². The second kappa shape index (κ2) is 7.43. The number of thiazole rings is 1. The van der Waals surface area contributed by atoms with Gasteiger partial charge in [0.25, 0.3) is 5.91 Å². The van der Waals surface area contributed by atoms with Crippen LogP contribution in [0, 0.1) is 0 Å². The maximum absolute atomic E-state index is 12.9. The molecule has 7 nitrogen and oxygen atoms in total. The van der Waals surface area contributed by atoms with E-state index in [4.69, 9.17) is 0 Å². The van der Waals surface area contributed by atoms with Gasteiger partial charge in [-0.2, -0.15) is 18.3 Å². The largest absolute Gasteiger partial charge is 0.416 e. The summed E-state index contributed by atoms with van der Waals surface area (Å²) >= 11 is 1.09. The maximum Gasteiger partial charge on any atom is 0.416 e. The van der Waals surface area contributed by atoms with Crippen LogP contribution in [0.15, 0.2) is 60.6 Å². The lowest BCUT2D eigenvalue weighted by atomic mass is 10.1. The minimum absolute atomic E-state index is 0.0998. The van der Waals surface area contributed by atoms with Gasteiger partial charge in [-0.25, -0.2) is 19.6 Å². The number of carbonyl (C=O) groups excluding carboxylic acids is 1. The average molecular weight is 416 g/mol. The van der Waals surface area contributed by atoms with E-state index in [0.717, 1.165) is 23.5 Å². The lowest BCUT2D eigenvalue weighted by Crippen LogP contribution is -2.12. The van der Waals surface area contributed by atoms with Crippen molar-refractivity contribution in [2.45, 2.75) is 6.18 Å². The van der Waals surface area contributed by atoms with Gasteiger partial charge in [0.05, 0.1) is 17.4 Å². The highest BCUT2D eigenvalue weighted by atomic mass is 32.1. The van der Waals surface area contributed by atoms with Crippen LogP contribution >= 0.6 is 11.3 Å². The lowest BCUT2D eigenvalue weighted by Gasteiger charge is -2.07. The third kappa shape index (κ3) is 4.14. The zero-order valence-corrected chi connectivity index (χ0v) is 15.3. The highest BCUT2D eigenvalue weighted by Crippen LogP contribution is 2.33. The van der Waals surface area contributed by atoms with Crippen LogP contribution in [0.25, 0.3) is 16.4 Å². The van der Waals surface area contributed by atoms with Gasteiger partial charge in [0.15, 0.2) is 5.82 Å². The molecule has 1 amide bonds. The van der Waals surface area contributed by atoms with E-state index in [1.54, 1.807) is 12.1 Å². The number of anilines is 1. The Morgan fingerprint density at radius 2 is 2.03 bits per heavy atom. The zero-order valence-electron chi connectivity index (χ0n) is 14.5. The first-order valence-electron chi connectivity index (χ1n) is 8.16. The summed E-state index contributed by atoms with van der Waals surface area (Å²) < 4.78 is 40.1. The van der Waals surface area contributed by atoms with E-state index in [9.17, 15) is 18.0 Å². The molecule has 0 unspecified atom stereocenters. The van der Waals surface area contributed by atoms with Gasteiger partial charge < -0.3 is 5.32 Å². The molecule has 0 atom stereocenters. The summed E-state index contributed by atoms with van der Waals surface area (Å²) in [6.45, 7) is 0. The fraction of sp³-hybridized carbons (Fsp3) is 0.0556. The van der Waals surface area contributed by atoms with Crippen molar-refractivity contribution in [2.75, 3.05) is 5.32 Å². The van der Waals surface area contributed by atoms with Crippen molar-refractivity contribution >= 4 is 22.9 Å². The third-order valence-electron chi connectivity index (χ3n) is 3.83. The second-order valence-corrected chi connectivity index (χ2v) is 6.67. The molecule has 0 bridgehead atoms. The number of benzene rings is 1. The van der Waals surface area contributed by atoms with Gasteiger partial charge in [-0.1, -0.05) is 12.1 Å². The fourth-order valence-corrected chi connectivity index (χ4v) is 3.25. The number of rotatable bonds is 4. The molecule has 11 heteroatoms. The number of halogens is 3. The first kappa shape index (κ1) is 18.7. The first-order chi connectivity index (χ1) is 13.9. The minimum atomic E-state index is -4.45. The Bertz CT molecular complexity index is 1140. The Balaban J connectivity index is 1.49. The number of amides is 1. The molecule has 1 aromatic carbocycles. The quantitative estimate of drug-likeness (QED) is 0.542. The van der Waals surface area contributed by atoms with E-state index in [2.05, 4.69) is 25.4 Å². The first-order valence-corrected chi connectivity index (χ1v) is 9.04. The molecule has 0 aliphatic heterocycles. The van der Waals surface area contributed by atoms with E-state index in [0.29, 0.717) is 22.1 Å². The smallest absolute Gasteiger partial charge is 0.319 e. The summed E-state index contributed by atoms with van der Waals surface area (Å²) in [7, 11) is 0. The van der Waals surface area contributed by atoms with Gasteiger partial charge in [-0.3, -0.25) is 4.79 Å². The molecule has 0 saturated carbocycles. The van der Waals surface area contributed by atoms with Gasteiger partial charge >= 0.3 is 6.18 Å². The monoisotopic (exact) mass is 416 g/mol. The van der Waals surface area contributed by atoms with E-state index in [1.165, 1.54) is 41.0 Å². The van der Waals surface area contributed by atoms with Crippen LogP contribution in [0.1, 0.15) is 16.1 Å². The highest BCUT2D eigenvalue weighted by molar-refractivity contribution is 7.13. The summed E-state index contributed by atoms with van der Waals surface area (Å²) in [6.07, 6.45) is -0.124. The van der Waals surface area contributed by atoms with Crippen LogP contribution in [0.3, 0.4) is 0 Å². The van der Waals surface area contributed by atoms with Crippen LogP contribution in [0.5, 0.6) is 0 Å². The molecule has 4 rings (SSSR count). The highest BCUT2D eigenvalue weighted by Gasteiger charge is 2.30. The number of alkyl halides is 3. The summed E-state index contributed by atoms with van der Waals surface area (Å²) in [5, 5.41) is 8.41. The van der Waals surface area contributed by atoms with Crippen molar-refractivity contribution in [3.05, 3.63) is 71.9 Å². The molecular formula is C18H11F3N6OS. The second-order valence-electron chi connectivity index (χ2n) is 5.82. The number of nitrogens with one attached hydrogen (secondary N) is 1. The molecule has 0 aliphatic rings. The van der Waals surface area contributed by atoms with E-state index in [1.807, 2.05) is 0 Å². The van der Waals surface area contributed by atoms with Crippen molar-refractivity contribution in [2.24, 2.45) is 0 Å². The van der Waals surface area contributed by atoms with Crippen molar-refractivity contribution in [3.8, 4) is 16.4 Å². The van der Waals surface area contributed by atoms with E-state index >= 15 is 0 Å². The number of carbonyl (C=O) groups is 1. The molecule has 0 aliphatic carbocycles. The fourth-order valence-electron chi connectivity index (χ4n) is 2.46. The average Bonchev–Trinajstić information content (AvgIpc) is 3.40. The van der Waals surface area contributed by atoms with Gasteiger partial charge in [0, 0.05) is 10.9 Å². The molecule has 0 fully saturated rings. The van der Waals surface area contributed by atoms with Gasteiger partial charge in [-0.05, 0) is 24.3 Å². The summed E-state index contributed by atoms with van der Waals surface area (Å²) in [5.74, 6) is 0.0378. The van der Waals surface area contributed by atoms with E-state index in [-0.39, 0.29) is 5.69 Å². The van der Waals surface area contributed by atoms with Gasteiger partial charge in [0.1, 0.15) is 23.4 Å². The Morgan fingerprint density at radius 3 is 2.72 bits per heavy atom. The molecule has 29 heavy (non-hydrogen) atoms. The predicted octanol–water partition coefficient (Wildman–Crippen LogP) is 4.06. The Hall–Kier alpha value is -3.60. The summed E-state index contributed by atoms with van der Waals surface area (Å²) in [4.78, 5) is 24.6. The molecule has 3 aromatic heterocycles. The normalized spacial score (nSPS) is 11.4.